The van der Waals surface area contributed by atoms with Crippen molar-refractivity contribution in [3.05, 3.63) is 53.3 Å². The van der Waals surface area contributed by atoms with Crippen LogP contribution in [0.3, 0.4) is 0 Å². The summed E-state index contributed by atoms with van der Waals surface area (Å²) < 4.78 is 0. The Kier molecular flexibility index (Phi) is 5.68. The van der Waals surface area contributed by atoms with Crippen molar-refractivity contribution in [3.8, 4) is 0 Å². The third kappa shape index (κ3) is 4.77. The zero-order valence-corrected chi connectivity index (χ0v) is 14.1. The largest absolute Gasteiger partial charge is 0.348 e. The van der Waals surface area contributed by atoms with Gasteiger partial charge in [0.2, 0.25) is 5.95 Å². The third-order valence-electron chi connectivity index (χ3n) is 3.72. The highest BCUT2D eigenvalue weighted by atomic mass is 16.1. The van der Waals surface area contributed by atoms with Crippen LogP contribution in [0.1, 0.15) is 55.0 Å². The van der Waals surface area contributed by atoms with Crippen molar-refractivity contribution in [2.75, 3.05) is 5.32 Å². The molecule has 2 aromatic rings. The number of carbonyl (C=O) groups excluding carboxylic acids is 1. The molecular formula is C18H24N4O. The van der Waals surface area contributed by atoms with E-state index in [2.05, 4.69) is 20.6 Å². The molecule has 2 atom stereocenters. The average molecular weight is 312 g/mol. The van der Waals surface area contributed by atoms with Gasteiger partial charge in [-0.1, -0.05) is 37.3 Å². The molecule has 0 aliphatic rings. The second kappa shape index (κ2) is 7.72. The molecule has 0 fully saturated rings. The van der Waals surface area contributed by atoms with E-state index in [0.29, 0.717) is 11.6 Å². The fraction of sp³-hybridized carbons (Fsp3) is 0.389. The summed E-state index contributed by atoms with van der Waals surface area (Å²) in [6, 6.07) is 12.0. The van der Waals surface area contributed by atoms with E-state index in [1.54, 1.807) is 6.07 Å². The molecule has 23 heavy (non-hydrogen) atoms. The van der Waals surface area contributed by atoms with Crippen molar-refractivity contribution in [2.45, 2.75) is 46.2 Å². The topological polar surface area (TPSA) is 66.9 Å². The number of amides is 1. The number of hydrogen-bond donors (Lipinski definition) is 2. The van der Waals surface area contributed by atoms with E-state index in [-0.39, 0.29) is 18.0 Å². The zero-order valence-electron chi connectivity index (χ0n) is 14.1. The Morgan fingerprint density at radius 3 is 2.52 bits per heavy atom. The first-order valence-corrected chi connectivity index (χ1v) is 7.97. The molecule has 5 nitrogen and oxygen atoms in total. The fourth-order valence-corrected chi connectivity index (χ4v) is 2.17. The number of aromatic nitrogens is 2. The van der Waals surface area contributed by atoms with Gasteiger partial charge in [0.25, 0.3) is 5.91 Å². The minimum atomic E-state index is -0.166. The van der Waals surface area contributed by atoms with E-state index in [1.807, 2.05) is 58.0 Å². The van der Waals surface area contributed by atoms with Crippen molar-refractivity contribution in [1.29, 1.82) is 0 Å². The number of benzene rings is 1. The van der Waals surface area contributed by atoms with Crippen LogP contribution in [0, 0.1) is 6.92 Å². The van der Waals surface area contributed by atoms with E-state index in [0.717, 1.165) is 17.7 Å². The van der Waals surface area contributed by atoms with Gasteiger partial charge in [-0.2, -0.15) is 0 Å². The lowest BCUT2D eigenvalue weighted by Crippen LogP contribution is -2.32. The van der Waals surface area contributed by atoms with Crippen LogP contribution in [0.5, 0.6) is 0 Å². The Morgan fingerprint density at radius 1 is 1.17 bits per heavy atom. The van der Waals surface area contributed by atoms with Crippen LogP contribution in [0.25, 0.3) is 0 Å². The molecule has 0 spiro atoms. The van der Waals surface area contributed by atoms with Crippen LogP contribution < -0.4 is 10.6 Å². The first kappa shape index (κ1) is 16.9. The van der Waals surface area contributed by atoms with E-state index in [1.165, 1.54) is 0 Å². The second-order valence-electron chi connectivity index (χ2n) is 5.78. The highest BCUT2D eigenvalue weighted by Gasteiger charge is 2.14. The molecule has 2 unspecified atom stereocenters. The van der Waals surface area contributed by atoms with Gasteiger partial charge in [-0.25, -0.2) is 9.97 Å². The lowest BCUT2D eigenvalue weighted by atomic mass is 10.1. The predicted octanol–water partition coefficient (Wildman–Crippen LogP) is 3.49. The lowest BCUT2D eigenvalue weighted by Gasteiger charge is -2.16. The molecule has 2 N–H and O–H groups in total. The molecule has 0 aliphatic heterocycles. The molecule has 0 saturated carbocycles. The zero-order chi connectivity index (χ0) is 16.8. The van der Waals surface area contributed by atoms with Crippen LogP contribution >= 0.6 is 0 Å². The molecule has 1 heterocycles. The maximum atomic E-state index is 12.2. The first-order chi connectivity index (χ1) is 11.0. The third-order valence-corrected chi connectivity index (χ3v) is 3.72. The SMILES string of the molecule is CCC(C)NC(=O)c1cc(C)nc(NC(C)c2ccccc2)n1. The molecule has 2 rings (SSSR count). The van der Waals surface area contributed by atoms with Crippen molar-refractivity contribution >= 4 is 11.9 Å². The van der Waals surface area contributed by atoms with Crippen molar-refractivity contribution in [1.82, 2.24) is 15.3 Å². The minimum Gasteiger partial charge on any atom is -0.348 e. The van der Waals surface area contributed by atoms with Crippen LogP contribution in [0.4, 0.5) is 5.95 Å². The van der Waals surface area contributed by atoms with Gasteiger partial charge in [0.05, 0.1) is 6.04 Å². The molecule has 1 aromatic carbocycles. The molecule has 122 valence electrons. The summed E-state index contributed by atoms with van der Waals surface area (Å²) in [5, 5.41) is 6.19. The Labute approximate surface area is 137 Å². The molecule has 0 bridgehead atoms. The molecule has 0 aliphatic carbocycles. The monoisotopic (exact) mass is 312 g/mol. The standard InChI is InChI=1S/C18H24N4O/c1-5-12(2)19-17(23)16-11-13(3)20-18(22-16)21-14(4)15-9-7-6-8-10-15/h6-12,14H,5H2,1-4H3,(H,19,23)(H,20,21,22). The molecule has 0 saturated heterocycles. The number of nitrogens with zero attached hydrogens (tertiary/aromatic N) is 2. The maximum absolute atomic E-state index is 12.2. The van der Waals surface area contributed by atoms with Gasteiger partial charge < -0.3 is 10.6 Å². The van der Waals surface area contributed by atoms with E-state index in [4.69, 9.17) is 0 Å². The lowest BCUT2D eigenvalue weighted by molar-refractivity contribution is 0.0934. The van der Waals surface area contributed by atoms with E-state index in [9.17, 15) is 4.79 Å². The number of carbonyl (C=O) groups is 1. The van der Waals surface area contributed by atoms with Crippen LogP contribution in [0.15, 0.2) is 36.4 Å². The molecular weight excluding hydrogens is 288 g/mol. The van der Waals surface area contributed by atoms with E-state index >= 15 is 0 Å². The highest BCUT2D eigenvalue weighted by Crippen LogP contribution is 2.17. The summed E-state index contributed by atoms with van der Waals surface area (Å²) in [4.78, 5) is 21.0. The summed E-state index contributed by atoms with van der Waals surface area (Å²) >= 11 is 0. The summed E-state index contributed by atoms with van der Waals surface area (Å²) in [6.07, 6.45) is 0.881. The van der Waals surface area contributed by atoms with Gasteiger partial charge in [-0.05, 0) is 38.8 Å². The second-order valence-corrected chi connectivity index (χ2v) is 5.78. The average Bonchev–Trinajstić information content (AvgIpc) is 2.54. The first-order valence-electron chi connectivity index (χ1n) is 7.97. The number of anilines is 1. The molecule has 1 aromatic heterocycles. The van der Waals surface area contributed by atoms with Crippen molar-refractivity contribution < 1.29 is 4.79 Å². The normalized spacial score (nSPS) is 13.2. The number of rotatable bonds is 6. The Bertz CT molecular complexity index is 657. The smallest absolute Gasteiger partial charge is 0.270 e. The van der Waals surface area contributed by atoms with Crippen LogP contribution in [0.2, 0.25) is 0 Å². The quantitative estimate of drug-likeness (QED) is 0.857. The maximum Gasteiger partial charge on any atom is 0.270 e. The minimum absolute atomic E-state index is 0.0588. The predicted molar refractivity (Wildman–Crippen MR) is 92.5 cm³/mol. The van der Waals surface area contributed by atoms with Gasteiger partial charge >= 0.3 is 0 Å². The summed E-state index contributed by atoms with van der Waals surface area (Å²) in [5.41, 5.74) is 2.29. The summed E-state index contributed by atoms with van der Waals surface area (Å²) in [7, 11) is 0. The number of hydrogen-bond acceptors (Lipinski definition) is 4. The van der Waals surface area contributed by atoms with Gasteiger partial charge in [0, 0.05) is 11.7 Å². The molecule has 5 heteroatoms. The molecule has 0 radical (unpaired) electrons. The Balaban J connectivity index is 2.15. The Morgan fingerprint density at radius 2 is 1.87 bits per heavy atom. The molecule has 1 amide bonds. The van der Waals surface area contributed by atoms with Gasteiger partial charge in [-0.15, -0.1) is 0 Å². The van der Waals surface area contributed by atoms with E-state index < -0.39 is 0 Å². The van der Waals surface area contributed by atoms with Gasteiger partial charge in [0.15, 0.2) is 0 Å². The fourth-order valence-electron chi connectivity index (χ4n) is 2.17. The van der Waals surface area contributed by atoms with Crippen LogP contribution in [-0.4, -0.2) is 21.9 Å². The van der Waals surface area contributed by atoms with Crippen molar-refractivity contribution in [2.24, 2.45) is 0 Å². The number of nitrogens with one attached hydrogen (secondary N) is 2. The highest BCUT2D eigenvalue weighted by molar-refractivity contribution is 5.92. The Hall–Kier alpha value is -2.43. The van der Waals surface area contributed by atoms with Gasteiger partial charge in [-0.3, -0.25) is 4.79 Å². The summed E-state index contributed by atoms with van der Waals surface area (Å²) in [5.74, 6) is 0.302. The van der Waals surface area contributed by atoms with Gasteiger partial charge in [0.1, 0.15) is 5.69 Å². The number of aryl methyl sites for hydroxylation is 1. The summed E-state index contributed by atoms with van der Waals surface area (Å²) in [6.45, 7) is 7.91. The van der Waals surface area contributed by atoms with Crippen LogP contribution in [-0.2, 0) is 0 Å². The van der Waals surface area contributed by atoms with Crippen molar-refractivity contribution in [3.63, 3.8) is 0 Å².